The Morgan fingerprint density at radius 1 is 1.29 bits per heavy atom. The summed E-state index contributed by atoms with van der Waals surface area (Å²) in [5, 5.41) is -0.602. The number of carbonyl (C=O) groups excluding carboxylic acids is 1. The molecule has 3 heteroatoms. The average molecular weight is 231 g/mol. The molecule has 0 heterocycles. The maximum absolute atomic E-state index is 11.7. The minimum Gasteiger partial charge on any atom is -0.293 e. The molecule has 0 aliphatic carbocycles. The Labute approximate surface area is 94.0 Å². The number of ketones is 1. The third-order valence-electron chi connectivity index (χ3n) is 1.87. The van der Waals surface area contributed by atoms with Crippen LogP contribution >= 0.6 is 23.2 Å². The fourth-order valence-corrected chi connectivity index (χ4v) is 1.84. The smallest absolute Gasteiger partial charge is 0.180 e. The third-order valence-corrected chi connectivity index (χ3v) is 2.43. The summed E-state index contributed by atoms with van der Waals surface area (Å²) in [6.45, 7) is 1.83. The summed E-state index contributed by atoms with van der Waals surface area (Å²) in [5.74, 6) is -0.0558. The van der Waals surface area contributed by atoms with Crippen LogP contribution in [0, 0.1) is 0 Å². The number of alkyl halides is 2. The van der Waals surface area contributed by atoms with Gasteiger partial charge in [-0.25, -0.2) is 0 Å². The van der Waals surface area contributed by atoms with Gasteiger partial charge in [0.05, 0.1) is 5.38 Å². The molecule has 76 valence electrons. The van der Waals surface area contributed by atoms with Crippen LogP contribution in [-0.2, 0) is 0 Å². The Balaban J connectivity index is 2.66. The van der Waals surface area contributed by atoms with Crippen LogP contribution in [0.2, 0.25) is 0 Å². The number of rotatable bonds is 4. The molecule has 0 spiro atoms. The molecule has 0 aliphatic rings. The highest BCUT2D eigenvalue weighted by Gasteiger charge is 2.18. The number of hydrogen-bond donors (Lipinski definition) is 0. The molecule has 14 heavy (non-hydrogen) atoms. The highest BCUT2D eigenvalue weighted by Crippen LogP contribution is 2.15. The summed E-state index contributed by atoms with van der Waals surface area (Å²) in [7, 11) is 0. The number of hydrogen-bond acceptors (Lipinski definition) is 1. The second kappa shape index (κ2) is 5.38. The zero-order chi connectivity index (χ0) is 10.6. The van der Waals surface area contributed by atoms with Gasteiger partial charge in [-0.15, -0.1) is 23.2 Å². The molecule has 0 fully saturated rings. The Morgan fingerprint density at radius 2 is 1.86 bits per heavy atom. The van der Waals surface area contributed by atoms with Gasteiger partial charge in [0.2, 0.25) is 0 Å². The third kappa shape index (κ3) is 3.32. The molecular formula is C11H12Cl2O. The Hall–Kier alpha value is -0.530. The summed E-state index contributed by atoms with van der Waals surface area (Å²) in [6, 6.07) is 9.03. The van der Waals surface area contributed by atoms with Crippen molar-refractivity contribution in [3.05, 3.63) is 35.9 Å². The van der Waals surface area contributed by atoms with Gasteiger partial charge >= 0.3 is 0 Å². The van der Waals surface area contributed by atoms with Crippen LogP contribution in [0.3, 0.4) is 0 Å². The van der Waals surface area contributed by atoms with Crippen molar-refractivity contribution in [1.82, 2.24) is 0 Å². The first-order chi connectivity index (χ1) is 6.61. The summed E-state index contributed by atoms with van der Waals surface area (Å²) in [5.41, 5.74) is 0.643. The minimum absolute atomic E-state index is 0.0558. The fraction of sp³-hybridized carbons (Fsp3) is 0.364. The molecule has 1 aromatic carbocycles. The first-order valence-corrected chi connectivity index (χ1v) is 5.36. The van der Waals surface area contributed by atoms with E-state index in [9.17, 15) is 4.79 Å². The molecule has 0 amide bonds. The van der Waals surface area contributed by atoms with E-state index >= 15 is 0 Å². The highest BCUT2D eigenvalue weighted by molar-refractivity contribution is 6.34. The van der Waals surface area contributed by atoms with Crippen LogP contribution < -0.4 is 0 Å². The van der Waals surface area contributed by atoms with E-state index in [0.29, 0.717) is 12.0 Å². The van der Waals surface area contributed by atoms with Crippen LogP contribution in [0.15, 0.2) is 30.3 Å². The van der Waals surface area contributed by atoms with Crippen LogP contribution in [0.1, 0.15) is 23.7 Å². The standard InChI is InChI=1S/C11H12Cl2O/c1-8(12)7-10(13)11(14)9-5-3-2-4-6-9/h2-6,8,10H,7H2,1H3/t8-,10-/m1/s1. The molecule has 0 saturated carbocycles. The molecule has 0 saturated heterocycles. The average Bonchev–Trinajstić information content (AvgIpc) is 2.17. The van der Waals surface area contributed by atoms with Crippen LogP contribution in [0.5, 0.6) is 0 Å². The van der Waals surface area contributed by atoms with Gasteiger partial charge in [-0.05, 0) is 13.3 Å². The number of Topliss-reactive ketones (excluding diaryl/α,β-unsaturated/α-hetero) is 1. The van der Waals surface area contributed by atoms with Crippen molar-refractivity contribution in [2.24, 2.45) is 0 Å². The zero-order valence-electron chi connectivity index (χ0n) is 7.91. The van der Waals surface area contributed by atoms with E-state index in [1.54, 1.807) is 12.1 Å². The van der Waals surface area contributed by atoms with Gasteiger partial charge in [0.15, 0.2) is 5.78 Å². The summed E-state index contributed by atoms with van der Waals surface area (Å²) in [6.07, 6.45) is 0.497. The lowest BCUT2D eigenvalue weighted by Gasteiger charge is -2.09. The van der Waals surface area contributed by atoms with E-state index in [1.165, 1.54) is 0 Å². The van der Waals surface area contributed by atoms with Gasteiger partial charge in [-0.3, -0.25) is 4.79 Å². The van der Waals surface area contributed by atoms with Crippen molar-refractivity contribution >= 4 is 29.0 Å². The van der Waals surface area contributed by atoms with E-state index in [0.717, 1.165) is 0 Å². The van der Waals surface area contributed by atoms with E-state index in [-0.39, 0.29) is 11.2 Å². The van der Waals surface area contributed by atoms with E-state index in [4.69, 9.17) is 23.2 Å². The van der Waals surface area contributed by atoms with Crippen LogP contribution in [-0.4, -0.2) is 16.5 Å². The van der Waals surface area contributed by atoms with Crippen molar-refractivity contribution in [3.8, 4) is 0 Å². The first-order valence-electron chi connectivity index (χ1n) is 4.48. The van der Waals surface area contributed by atoms with Gasteiger partial charge in [0.25, 0.3) is 0 Å². The molecule has 1 aromatic rings. The lowest BCUT2D eigenvalue weighted by atomic mass is 10.1. The minimum atomic E-state index is -0.523. The number of benzene rings is 1. The molecule has 2 atom stereocenters. The van der Waals surface area contributed by atoms with Crippen molar-refractivity contribution < 1.29 is 4.79 Å². The summed E-state index contributed by atoms with van der Waals surface area (Å²) >= 11 is 11.7. The van der Waals surface area contributed by atoms with Crippen LogP contribution in [0.25, 0.3) is 0 Å². The molecule has 0 aliphatic heterocycles. The lowest BCUT2D eigenvalue weighted by Crippen LogP contribution is -2.17. The number of halogens is 2. The normalized spacial score (nSPS) is 14.8. The van der Waals surface area contributed by atoms with Gasteiger partial charge in [0, 0.05) is 10.9 Å². The topological polar surface area (TPSA) is 17.1 Å². The first kappa shape index (κ1) is 11.5. The Morgan fingerprint density at radius 3 is 2.36 bits per heavy atom. The summed E-state index contributed by atoms with van der Waals surface area (Å²) < 4.78 is 0. The Bertz CT molecular complexity index is 295. The van der Waals surface area contributed by atoms with Crippen molar-refractivity contribution in [3.63, 3.8) is 0 Å². The maximum atomic E-state index is 11.7. The molecule has 0 N–H and O–H groups in total. The SMILES string of the molecule is C[C@@H](Cl)C[C@@H](Cl)C(=O)c1ccccc1. The second-order valence-corrected chi connectivity index (χ2v) is 4.49. The van der Waals surface area contributed by atoms with E-state index in [2.05, 4.69) is 0 Å². The number of carbonyl (C=O) groups is 1. The quantitative estimate of drug-likeness (QED) is 0.572. The lowest BCUT2D eigenvalue weighted by molar-refractivity contribution is 0.0984. The molecule has 0 bridgehead atoms. The largest absolute Gasteiger partial charge is 0.293 e. The van der Waals surface area contributed by atoms with Gasteiger partial charge in [0.1, 0.15) is 0 Å². The molecule has 1 rings (SSSR count). The molecule has 0 aromatic heterocycles. The zero-order valence-corrected chi connectivity index (χ0v) is 9.42. The predicted molar refractivity (Wildman–Crippen MR) is 60.3 cm³/mol. The van der Waals surface area contributed by atoms with Crippen molar-refractivity contribution in [2.75, 3.05) is 0 Å². The highest BCUT2D eigenvalue weighted by atomic mass is 35.5. The van der Waals surface area contributed by atoms with Gasteiger partial charge < -0.3 is 0 Å². The van der Waals surface area contributed by atoms with Crippen molar-refractivity contribution in [1.29, 1.82) is 0 Å². The van der Waals surface area contributed by atoms with E-state index in [1.807, 2.05) is 25.1 Å². The summed E-state index contributed by atoms with van der Waals surface area (Å²) in [4.78, 5) is 11.7. The molecule has 0 radical (unpaired) electrons. The van der Waals surface area contributed by atoms with Gasteiger partial charge in [-0.2, -0.15) is 0 Å². The Kier molecular flexibility index (Phi) is 4.43. The molecule has 0 unspecified atom stereocenters. The molecule has 1 nitrogen and oxygen atoms in total. The monoisotopic (exact) mass is 230 g/mol. The molecular weight excluding hydrogens is 219 g/mol. The van der Waals surface area contributed by atoms with E-state index < -0.39 is 5.38 Å². The fourth-order valence-electron chi connectivity index (χ4n) is 1.18. The van der Waals surface area contributed by atoms with Gasteiger partial charge in [-0.1, -0.05) is 30.3 Å². The van der Waals surface area contributed by atoms with Crippen molar-refractivity contribution in [2.45, 2.75) is 24.1 Å². The second-order valence-electron chi connectivity index (χ2n) is 3.21. The maximum Gasteiger partial charge on any atom is 0.180 e. The predicted octanol–water partition coefficient (Wildman–Crippen LogP) is 3.49. The van der Waals surface area contributed by atoms with Crippen LogP contribution in [0.4, 0.5) is 0 Å².